The lowest BCUT2D eigenvalue weighted by molar-refractivity contribution is -0.121. The average molecular weight is 392 g/mol. The monoisotopic (exact) mass is 391 g/mol. The Labute approximate surface area is 162 Å². The third-order valence-corrected chi connectivity index (χ3v) is 6.91. The summed E-state index contributed by atoms with van der Waals surface area (Å²) in [5, 5.41) is 2.78. The van der Waals surface area contributed by atoms with Crippen LogP contribution in [0, 0.1) is 18.3 Å². The Morgan fingerprint density at radius 2 is 2.08 bits per heavy atom. The van der Waals surface area contributed by atoms with E-state index < -0.39 is 0 Å². The van der Waals surface area contributed by atoms with E-state index in [4.69, 9.17) is 0 Å². The van der Waals surface area contributed by atoms with Crippen molar-refractivity contribution in [3.63, 3.8) is 0 Å². The fourth-order valence-corrected chi connectivity index (χ4v) is 4.98. The topological polar surface area (TPSA) is 71.1 Å². The molecule has 140 valence electrons. The summed E-state index contributed by atoms with van der Waals surface area (Å²) < 4.78 is 0. The van der Waals surface area contributed by atoms with Gasteiger partial charge in [-0.1, -0.05) is 20.8 Å². The summed E-state index contributed by atoms with van der Waals surface area (Å²) >= 11 is 3.05. The number of amides is 2. The third kappa shape index (κ3) is 4.51. The van der Waals surface area contributed by atoms with E-state index >= 15 is 0 Å². The molecule has 0 fully saturated rings. The smallest absolute Gasteiger partial charge is 0.273 e. The van der Waals surface area contributed by atoms with Crippen molar-refractivity contribution in [1.82, 2.24) is 15.8 Å². The van der Waals surface area contributed by atoms with Crippen molar-refractivity contribution >= 4 is 34.5 Å². The zero-order valence-electron chi connectivity index (χ0n) is 15.6. The molecule has 2 N–H and O–H groups in total. The van der Waals surface area contributed by atoms with Gasteiger partial charge in [0.25, 0.3) is 5.91 Å². The molecule has 1 unspecified atom stereocenters. The summed E-state index contributed by atoms with van der Waals surface area (Å²) in [6.45, 7) is 8.74. The van der Waals surface area contributed by atoms with E-state index in [-0.39, 0.29) is 23.7 Å². The minimum atomic E-state index is -0.266. The second-order valence-corrected chi connectivity index (χ2v) is 10.1. The quantitative estimate of drug-likeness (QED) is 0.784. The first kappa shape index (κ1) is 19.0. The van der Waals surface area contributed by atoms with Gasteiger partial charge in [0.1, 0.15) is 0 Å². The van der Waals surface area contributed by atoms with E-state index in [0.717, 1.165) is 23.5 Å². The highest BCUT2D eigenvalue weighted by Gasteiger charge is 2.30. The van der Waals surface area contributed by atoms with Gasteiger partial charge in [0.2, 0.25) is 5.91 Å². The first-order chi connectivity index (χ1) is 12.2. The zero-order valence-corrected chi connectivity index (χ0v) is 17.3. The Morgan fingerprint density at radius 3 is 2.73 bits per heavy atom. The van der Waals surface area contributed by atoms with Crippen molar-refractivity contribution in [2.75, 3.05) is 0 Å². The number of nitrogens with one attached hydrogen (secondary N) is 2. The zero-order chi connectivity index (χ0) is 18.9. The van der Waals surface area contributed by atoms with E-state index in [1.54, 1.807) is 11.3 Å². The second kappa shape index (κ2) is 7.48. The van der Waals surface area contributed by atoms with E-state index in [9.17, 15) is 9.59 Å². The molecule has 26 heavy (non-hydrogen) atoms. The molecule has 1 aliphatic carbocycles. The van der Waals surface area contributed by atoms with Crippen LogP contribution in [0.2, 0.25) is 0 Å². The van der Waals surface area contributed by atoms with Crippen LogP contribution in [-0.2, 0) is 24.1 Å². The van der Waals surface area contributed by atoms with Crippen LogP contribution in [0.25, 0.3) is 0 Å². The number of aryl methyl sites for hydroxylation is 2. The summed E-state index contributed by atoms with van der Waals surface area (Å²) in [6, 6.07) is 1.99. The number of hydrazine groups is 1. The van der Waals surface area contributed by atoms with Crippen LogP contribution in [0.4, 0.5) is 0 Å². The van der Waals surface area contributed by atoms with Gasteiger partial charge in [0.15, 0.2) is 0 Å². The first-order valence-electron chi connectivity index (χ1n) is 8.84. The van der Waals surface area contributed by atoms with Crippen LogP contribution >= 0.6 is 22.7 Å². The van der Waals surface area contributed by atoms with E-state index in [0.29, 0.717) is 10.8 Å². The average Bonchev–Trinajstić information content (AvgIpc) is 3.17. The molecular weight excluding hydrogens is 366 g/mol. The Kier molecular flexibility index (Phi) is 5.48. The lowest BCUT2D eigenvalue weighted by Crippen LogP contribution is -2.42. The predicted octanol–water partition coefficient (Wildman–Crippen LogP) is 3.67. The van der Waals surface area contributed by atoms with Crippen molar-refractivity contribution in [1.29, 1.82) is 0 Å². The first-order valence-corrected chi connectivity index (χ1v) is 10.5. The molecule has 0 spiro atoms. The predicted molar refractivity (Wildman–Crippen MR) is 105 cm³/mol. The van der Waals surface area contributed by atoms with Crippen molar-refractivity contribution in [3.8, 4) is 0 Å². The lowest BCUT2D eigenvalue weighted by atomic mass is 9.72. The molecule has 1 aliphatic rings. The Bertz CT molecular complexity index is 817. The Balaban J connectivity index is 1.56. The molecule has 2 heterocycles. The van der Waals surface area contributed by atoms with Gasteiger partial charge in [-0.2, -0.15) is 0 Å². The number of hydrogen-bond acceptors (Lipinski definition) is 5. The van der Waals surface area contributed by atoms with Gasteiger partial charge in [-0.15, -0.1) is 22.7 Å². The number of hydrogen-bond donors (Lipinski definition) is 2. The van der Waals surface area contributed by atoms with Gasteiger partial charge in [-0.05, 0) is 49.1 Å². The van der Waals surface area contributed by atoms with E-state index in [1.165, 1.54) is 28.2 Å². The highest BCUT2D eigenvalue weighted by atomic mass is 32.1. The summed E-state index contributed by atoms with van der Waals surface area (Å²) in [5.74, 6) is 0.124. The molecule has 0 saturated heterocycles. The van der Waals surface area contributed by atoms with Crippen LogP contribution < -0.4 is 10.9 Å². The maximum absolute atomic E-state index is 12.4. The van der Waals surface area contributed by atoms with Crippen molar-refractivity contribution in [2.45, 2.75) is 53.4 Å². The van der Waals surface area contributed by atoms with Gasteiger partial charge >= 0.3 is 0 Å². The molecule has 5 nitrogen and oxygen atoms in total. The molecular formula is C19H25N3O2S2. The third-order valence-electron chi connectivity index (χ3n) is 4.86. The van der Waals surface area contributed by atoms with Crippen molar-refractivity contribution in [2.24, 2.45) is 11.3 Å². The van der Waals surface area contributed by atoms with Gasteiger partial charge in [0, 0.05) is 10.3 Å². The van der Waals surface area contributed by atoms with Gasteiger partial charge < -0.3 is 0 Å². The molecule has 0 radical (unpaired) electrons. The molecule has 0 saturated carbocycles. The molecule has 2 amide bonds. The standard InChI is InChI=1S/C19H25N3O2S2/c1-11-20-14(10-25-11)9-17(23)21-22-18(24)16-8-12-7-13(19(2,3)4)5-6-15(12)26-16/h8,10,13H,5-7,9H2,1-4H3,(H,21,23)(H,22,24). The summed E-state index contributed by atoms with van der Waals surface area (Å²) in [4.78, 5) is 30.5. The molecule has 3 rings (SSSR count). The van der Waals surface area contributed by atoms with Gasteiger partial charge in [0.05, 0.1) is 22.0 Å². The number of thiazole rings is 1. The molecule has 0 aliphatic heterocycles. The maximum atomic E-state index is 12.4. The molecule has 2 aromatic rings. The molecule has 0 bridgehead atoms. The van der Waals surface area contributed by atoms with Gasteiger partial charge in [-0.25, -0.2) is 4.98 Å². The van der Waals surface area contributed by atoms with Crippen molar-refractivity contribution in [3.05, 3.63) is 37.5 Å². The summed E-state index contributed by atoms with van der Waals surface area (Å²) in [5.41, 5.74) is 7.30. The number of carbonyl (C=O) groups is 2. The van der Waals surface area contributed by atoms with Crippen LogP contribution in [-0.4, -0.2) is 16.8 Å². The minimum absolute atomic E-state index is 0.165. The normalized spacial score (nSPS) is 16.8. The summed E-state index contributed by atoms with van der Waals surface area (Å²) in [6.07, 6.45) is 3.39. The second-order valence-electron chi connectivity index (χ2n) is 7.90. The number of thiophene rings is 1. The fourth-order valence-electron chi connectivity index (χ4n) is 3.26. The Hall–Kier alpha value is -1.73. The number of carbonyl (C=O) groups excluding carboxylic acids is 2. The van der Waals surface area contributed by atoms with Crippen molar-refractivity contribution < 1.29 is 9.59 Å². The molecule has 2 aromatic heterocycles. The number of rotatable bonds is 3. The number of aromatic nitrogens is 1. The molecule has 7 heteroatoms. The van der Waals surface area contributed by atoms with Crippen LogP contribution in [0.1, 0.15) is 58.0 Å². The minimum Gasteiger partial charge on any atom is -0.273 e. The fraction of sp³-hybridized carbons (Fsp3) is 0.526. The largest absolute Gasteiger partial charge is 0.279 e. The number of nitrogens with zero attached hydrogens (tertiary/aromatic N) is 1. The van der Waals surface area contributed by atoms with E-state index in [1.807, 2.05) is 18.4 Å². The highest BCUT2D eigenvalue weighted by Crippen LogP contribution is 2.40. The lowest BCUT2D eigenvalue weighted by Gasteiger charge is -2.33. The SMILES string of the molecule is Cc1nc(CC(=O)NNC(=O)c2cc3c(s2)CCC(C(C)(C)C)C3)cs1. The molecule has 0 aromatic carbocycles. The number of fused-ring (bicyclic) bond motifs is 1. The molecule has 1 atom stereocenters. The summed E-state index contributed by atoms with van der Waals surface area (Å²) in [7, 11) is 0. The van der Waals surface area contributed by atoms with Crippen LogP contribution in [0.15, 0.2) is 11.4 Å². The van der Waals surface area contributed by atoms with E-state index in [2.05, 4.69) is 36.6 Å². The van der Waals surface area contributed by atoms with Crippen LogP contribution in [0.3, 0.4) is 0 Å². The van der Waals surface area contributed by atoms with Gasteiger partial charge in [-0.3, -0.25) is 20.4 Å². The van der Waals surface area contributed by atoms with Crippen LogP contribution in [0.5, 0.6) is 0 Å². The maximum Gasteiger partial charge on any atom is 0.279 e. The highest BCUT2D eigenvalue weighted by molar-refractivity contribution is 7.14. The Morgan fingerprint density at radius 1 is 1.31 bits per heavy atom.